The van der Waals surface area contributed by atoms with Gasteiger partial charge >= 0.3 is 0 Å². The lowest BCUT2D eigenvalue weighted by Gasteiger charge is -2.30. The zero-order valence-corrected chi connectivity index (χ0v) is 16.2. The summed E-state index contributed by atoms with van der Waals surface area (Å²) in [7, 11) is 0. The maximum absolute atomic E-state index is 13.6. The van der Waals surface area contributed by atoms with Crippen LogP contribution in [-0.4, -0.2) is 36.3 Å². The Kier molecular flexibility index (Phi) is 7.30. The van der Waals surface area contributed by atoms with Crippen molar-refractivity contribution < 1.29 is 18.4 Å². The molecule has 0 spiro atoms. The molecule has 2 N–H and O–H groups in total. The molecule has 1 heterocycles. The second-order valence-electron chi connectivity index (χ2n) is 7.26. The summed E-state index contributed by atoms with van der Waals surface area (Å²) in [6.07, 6.45) is 1.35. The van der Waals surface area contributed by atoms with Crippen molar-refractivity contribution in [2.45, 2.75) is 25.9 Å². The number of carbonyl (C=O) groups excluding carboxylic acids is 2. The molecule has 0 bridgehead atoms. The molecule has 0 aromatic heterocycles. The van der Waals surface area contributed by atoms with E-state index >= 15 is 0 Å². The molecule has 2 amide bonds. The summed E-state index contributed by atoms with van der Waals surface area (Å²) >= 11 is 0. The summed E-state index contributed by atoms with van der Waals surface area (Å²) in [6, 6.07) is 12.4. The van der Waals surface area contributed by atoms with Gasteiger partial charge in [0, 0.05) is 24.6 Å². The molecule has 0 atom stereocenters. The topological polar surface area (TPSA) is 61.4 Å². The number of carbonyl (C=O) groups is 2. The van der Waals surface area contributed by atoms with Gasteiger partial charge in [-0.25, -0.2) is 8.78 Å². The molecular weight excluding hydrogens is 376 g/mol. The summed E-state index contributed by atoms with van der Waals surface area (Å²) in [5.41, 5.74) is 1.31. The number of hydrogen-bond acceptors (Lipinski definition) is 3. The summed E-state index contributed by atoms with van der Waals surface area (Å²) < 4.78 is 26.5. The first-order valence-electron chi connectivity index (χ1n) is 9.76. The number of nitrogens with zero attached hydrogens (tertiary/aromatic N) is 1. The zero-order valence-electron chi connectivity index (χ0n) is 16.2. The lowest BCUT2D eigenvalue weighted by atomic mass is 9.96. The third kappa shape index (κ3) is 6.35. The van der Waals surface area contributed by atoms with Crippen LogP contribution < -0.4 is 10.6 Å². The molecule has 0 radical (unpaired) electrons. The van der Waals surface area contributed by atoms with Crippen molar-refractivity contribution in [3.05, 3.63) is 71.3 Å². The molecule has 3 rings (SSSR count). The number of halogens is 2. The highest BCUT2D eigenvalue weighted by molar-refractivity contribution is 5.79. The van der Waals surface area contributed by atoms with Crippen LogP contribution in [0, 0.1) is 17.6 Å². The largest absolute Gasteiger partial charge is 0.352 e. The van der Waals surface area contributed by atoms with E-state index in [9.17, 15) is 18.4 Å². The van der Waals surface area contributed by atoms with Crippen LogP contribution in [0.1, 0.15) is 24.0 Å². The number of likely N-dealkylation sites (tertiary alicyclic amines) is 1. The van der Waals surface area contributed by atoms with E-state index in [0.29, 0.717) is 38.0 Å². The molecule has 2 aromatic rings. The number of amides is 2. The molecule has 1 saturated heterocycles. The first kappa shape index (κ1) is 20.9. The van der Waals surface area contributed by atoms with Crippen LogP contribution >= 0.6 is 0 Å². The van der Waals surface area contributed by atoms with E-state index in [1.165, 1.54) is 18.2 Å². The highest BCUT2D eigenvalue weighted by Gasteiger charge is 2.25. The van der Waals surface area contributed by atoms with Gasteiger partial charge in [0.05, 0.1) is 6.54 Å². The van der Waals surface area contributed by atoms with Crippen LogP contribution in [0.3, 0.4) is 0 Å². The zero-order chi connectivity index (χ0) is 20.6. The molecule has 0 unspecified atom stereocenters. The average Bonchev–Trinajstić information content (AvgIpc) is 2.73. The number of piperidine rings is 1. The number of benzene rings is 2. The van der Waals surface area contributed by atoms with Gasteiger partial charge < -0.3 is 10.6 Å². The van der Waals surface area contributed by atoms with Crippen molar-refractivity contribution in [1.29, 1.82) is 0 Å². The molecule has 29 heavy (non-hydrogen) atoms. The van der Waals surface area contributed by atoms with Gasteiger partial charge in [-0.15, -0.1) is 0 Å². The Balaban J connectivity index is 1.36. The molecule has 2 aromatic carbocycles. The Bertz CT molecular complexity index is 834. The van der Waals surface area contributed by atoms with Crippen molar-refractivity contribution >= 4 is 11.8 Å². The monoisotopic (exact) mass is 401 g/mol. The standard InChI is InChI=1S/C22H25F2N3O2/c23-19-7-5-16(6-8-19)13-26-22(29)17-9-11-27(12-10-17)15-21(28)25-14-18-3-1-2-4-20(18)24/h1-8,17H,9-15H2,(H,25,28)(H,26,29). The van der Waals surface area contributed by atoms with Crippen molar-refractivity contribution in [1.82, 2.24) is 15.5 Å². The minimum absolute atomic E-state index is 0.0158. The molecule has 5 nitrogen and oxygen atoms in total. The molecule has 0 saturated carbocycles. The summed E-state index contributed by atoms with van der Waals surface area (Å²) in [5.74, 6) is -0.899. The van der Waals surface area contributed by atoms with Crippen LogP contribution in [0.5, 0.6) is 0 Å². The molecule has 1 fully saturated rings. The summed E-state index contributed by atoms with van der Waals surface area (Å²) in [5, 5.41) is 5.63. The maximum atomic E-state index is 13.6. The van der Waals surface area contributed by atoms with E-state index in [2.05, 4.69) is 10.6 Å². The highest BCUT2D eigenvalue weighted by Crippen LogP contribution is 2.17. The first-order valence-corrected chi connectivity index (χ1v) is 9.76. The van der Waals surface area contributed by atoms with E-state index in [1.54, 1.807) is 30.3 Å². The van der Waals surface area contributed by atoms with Crippen LogP contribution in [0.15, 0.2) is 48.5 Å². The van der Waals surface area contributed by atoms with Crippen molar-refractivity contribution in [2.75, 3.05) is 19.6 Å². The van der Waals surface area contributed by atoms with Crippen LogP contribution in [0.4, 0.5) is 8.78 Å². The van der Waals surface area contributed by atoms with Gasteiger partial charge in [0.2, 0.25) is 11.8 Å². The minimum atomic E-state index is -0.333. The van der Waals surface area contributed by atoms with Gasteiger partial charge in [0.25, 0.3) is 0 Å². The Labute approximate surface area is 169 Å². The van der Waals surface area contributed by atoms with Gasteiger partial charge in [-0.05, 0) is 49.7 Å². The van der Waals surface area contributed by atoms with Crippen molar-refractivity contribution in [3.8, 4) is 0 Å². The van der Waals surface area contributed by atoms with E-state index in [0.717, 1.165) is 5.56 Å². The van der Waals surface area contributed by atoms with Gasteiger partial charge in [-0.2, -0.15) is 0 Å². The normalized spacial score (nSPS) is 15.1. The van der Waals surface area contributed by atoms with E-state index in [-0.39, 0.29) is 42.5 Å². The molecule has 7 heteroatoms. The molecule has 0 aliphatic carbocycles. The molecule has 154 valence electrons. The van der Waals surface area contributed by atoms with E-state index in [1.807, 2.05) is 4.90 Å². The third-order valence-electron chi connectivity index (χ3n) is 5.14. The van der Waals surface area contributed by atoms with Gasteiger partial charge in [0.15, 0.2) is 0 Å². The summed E-state index contributed by atoms with van der Waals surface area (Å²) in [6.45, 7) is 2.08. The lowest BCUT2D eigenvalue weighted by Crippen LogP contribution is -2.44. The second kappa shape index (κ2) is 10.1. The lowest BCUT2D eigenvalue weighted by molar-refractivity contribution is -0.127. The van der Waals surface area contributed by atoms with Gasteiger partial charge in [0.1, 0.15) is 11.6 Å². The maximum Gasteiger partial charge on any atom is 0.234 e. The van der Waals surface area contributed by atoms with E-state index in [4.69, 9.17) is 0 Å². The Morgan fingerprint density at radius 3 is 2.31 bits per heavy atom. The SMILES string of the molecule is O=C(CN1CCC(C(=O)NCc2ccc(F)cc2)CC1)NCc1ccccc1F. The predicted octanol–water partition coefficient (Wildman–Crippen LogP) is 2.61. The van der Waals surface area contributed by atoms with Crippen LogP contribution in [-0.2, 0) is 22.7 Å². The second-order valence-corrected chi connectivity index (χ2v) is 7.26. The number of rotatable bonds is 7. The van der Waals surface area contributed by atoms with Crippen molar-refractivity contribution in [2.24, 2.45) is 5.92 Å². The smallest absolute Gasteiger partial charge is 0.234 e. The number of nitrogens with one attached hydrogen (secondary N) is 2. The molecular formula is C22H25F2N3O2. The van der Waals surface area contributed by atoms with Crippen molar-refractivity contribution in [3.63, 3.8) is 0 Å². The van der Waals surface area contributed by atoms with Gasteiger partial charge in [-0.1, -0.05) is 30.3 Å². The fraction of sp³-hybridized carbons (Fsp3) is 0.364. The summed E-state index contributed by atoms with van der Waals surface area (Å²) in [4.78, 5) is 26.5. The van der Waals surface area contributed by atoms with Crippen LogP contribution in [0.2, 0.25) is 0 Å². The molecule has 1 aliphatic rings. The highest BCUT2D eigenvalue weighted by atomic mass is 19.1. The fourth-order valence-corrected chi connectivity index (χ4v) is 3.38. The predicted molar refractivity (Wildman–Crippen MR) is 106 cm³/mol. The Hall–Kier alpha value is -2.80. The number of hydrogen-bond donors (Lipinski definition) is 2. The quantitative estimate of drug-likeness (QED) is 0.750. The fourth-order valence-electron chi connectivity index (χ4n) is 3.38. The van der Waals surface area contributed by atoms with Gasteiger partial charge in [-0.3, -0.25) is 14.5 Å². The Morgan fingerprint density at radius 2 is 1.62 bits per heavy atom. The van der Waals surface area contributed by atoms with E-state index < -0.39 is 0 Å². The average molecular weight is 401 g/mol. The Morgan fingerprint density at radius 1 is 0.931 bits per heavy atom. The molecule has 1 aliphatic heterocycles. The third-order valence-corrected chi connectivity index (χ3v) is 5.14. The van der Waals surface area contributed by atoms with Crippen LogP contribution in [0.25, 0.3) is 0 Å². The minimum Gasteiger partial charge on any atom is -0.352 e. The first-order chi connectivity index (χ1) is 14.0.